The predicted octanol–water partition coefficient (Wildman–Crippen LogP) is 0.332. The number of nitrogens with two attached hydrogens (primary N) is 1. The van der Waals surface area contributed by atoms with Crippen molar-refractivity contribution in [2.45, 2.75) is 26.2 Å². The van der Waals surface area contributed by atoms with Crippen LogP contribution >= 0.6 is 0 Å². The number of rotatable bonds is 3. The quantitative estimate of drug-likeness (QED) is 0.486. The maximum absolute atomic E-state index is 12.5. The molecule has 3 aromatic rings. The molecule has 146 valence electrons. The van der Waals surface area contributed by atoms with Gasteiger partial charge in [0.25, 0.3) is 11.1 Å². The van der Waals surface area contributed by atoms with Crippen LogP contribution in [0, 0.1) is 0 Å². The van der Waals surface area contributed by atoms with Crippen molar-refractivity contribution in [2.75, 3.05) is 12.8 Å². The molecule has 0 saturated carbocycles. The summed E-state index contributed by atoms with van der Waals surface area (Å²) in [4.78, 5) is 37.6. The van der Waals surface area contributed by atoms with Crippen molar-refractivity contribution < 1.29 is 4.74 Å². The van der Waals surface area contributed by atoms with E-state index in [4.69, 9.17) is 10.5 Å². The van der Waals surface area contributed by atoms with Gasteiger partial charge in [0.1, 0.15) is 16.4 Å². The van der Waals surface area contributed by atoms with E-state index in [1.54, 1.807) is 30.6 Å². The highest BCUT2D eigenvalue weighted by molar-refractivity contribution is 5.69. The maximum Gasteiger partial charge on any atom is 0.272 e. The monoisotopic (exact) mass is 381 g/mol. The molecular weight excluding hydrogens is 358 g/mol. The molecule has 0 radical (unpaired) electrons. The Balaban J connectivity index is 2.15. The van der Waals surface area contributed by atoms with Crippen LogP contribution in [0.25, 0.3) is 12.2 Å². The van der Waals surface area contributed by atoms with Crippen LogP contribution in [0.5, 0.6) is 5.75 Å². The number of nitrogens with one attached hydrogen (secondary N) is 3. The Hall–Kier alpha value is -3.55. The summed E-state index contributed by atoms with van der Waals surface area (Å²) >= 11 is 0. The minimum Gasteiger partial charge on any atom is -0.495 e. The molecule has 0 spiro atoms. The van der Waals surface area contributed by atoms with Gasteiger partial charge in [0.15, 0.2) is 0 Å². The Morgan fingerprint density at radius 3 is 2.32 bits per heavy atom. The van der Waals surface area contributed by atoms with Crippen LogP contribution in [-0.2, 0) is 5.41 Å². The Morgan fingerprint density at radius 2 is 1.71 bits per heavy atom. The average molecular weight is 381 g/mol. The highest BCUT2D eigenvalue weighted by Crippen LogP contribution is 2.25. The number of nitrogen functional groups attached to an aromatic ring is 1. The lowest BCUT2D eigenvalue weighted by molar-refractivity contribution is 0.417. The molecule has 1 aromatic carbocycles. The molecule has 0 unspecified atom stereocenters. The number of nitrogens with zero attached hydrogens (tertiary/aromatic N) is 1. The van der Waals surface area contributed by atoms with Crippen molar-refractivity contribution in [1.82, 2.24) is 19.9 Å². The minimum absolute atomic E-state index is 0.0974. The number of methoxy groups -OCH3 is 1. The van der Waals surface area contributed by atoms with E-state index in [9.17, 15) is 9.59 Å². The third kappa shape index (κ3) is 3.75. The van der Waals surface area contributed by atoms with Crippen molar-refractivity contribution in [3.63, 3.8) is 0 Å². The molecule has 8 heteroatoms. The third-order valence-corrected chi connectivity index (χ3v) is 4.30. The molecule has 0 amide bonds. The zero-order valence-corrected chi connectivity index (χ0v) is 16.2. The summed E-state index contributed by atoms with van der Waals surface area (Å²) in [5.74, 6) is 0.491. The van der Waals surface area contributed by atoms with Crippen LogP contribution in [0.2, 0.25) is 0 Å². The molecule has 28 heavy (non-hydrogen) atoms. The second kappa shape index (κ2) is 7.22. The van der Waals surface area contributed by atoms with Crippen LogP contribution in [0.4, 0.5) is 5.69 Å². The minimum atomic E-state index is -0.444. The normalized spacial score (nSPS) is 13.1. The molecule has 0 aliphatic rings. The van der Waals surface area contributed by atoms with Crippen molar-refractivity contribution >= 4 is 17.8 Å². The molecule has 0 fully saturated rings. The average Bonchev–Trinajstić information content (AvgIpc) is 3.09. The number of anilines is 1. The molecule has 0 aliphatic heterocycles. The van der Waals surface area contributed by atoms with Crippen LogP contribution in [0.1, 0.15) is 37.7 Å². The van der Waals surface area contributed by atoms with E-state index >= 15 is 0 Å². The fourth-order valence-electron chi connectivity index (χ4n) is 2.87. The SMILES string of the molecule is COc1cccc(/C=c2/[nH]c(=O)/c(=C\c3nc[nH]c3C(C)(C)C)[nH]c2=O)c1N. The topological polar surface area (TPSA) is 130 Å². The molecule has 5 N–H and O–H groups in total. The summed E-state index contributed by atoms with van der Waals surface area (Å²) in [6, 6.07) is 5.20. The van der Waals surface area contributed by atoms with E-state index in [1.807, 2.05) is 20.8 Å². The Kier molecular flexibility index (Phi) is 4.96. The van der Waals surface area contributed by atoms with Crippen LogP contribution in [0.3, 0.4) is 0 Å². The Labute approximate surface area is 160 Å². The van der Waals surface area contributed by atoms with Crippen molar-refractivity contribution in [3.8, 4) is 5.75 Å². The summed E-state index contributed by atoms with van der Waals surface area (Å²) in [5.41, 5.74) is 7.38. The van der Waals surface area contributed by atoms with Crippen LogP contribution < -0.4 is 32.3 Å². The first-order chi connectivity index (χ1) is 13.2. The van der Waals surface area contributed by atoms with Gasteiger partial charge in [-0.15, -0.1) is 0 Å². The molecule has 8 nitrogen and oxygen atoms in total. The van der Waals surface area contributed by atoms with Gasteiger partial charge >= 0.3 is 0 Å². The number of hydrogen-bond donors (Lipinski definition) is 4. The van der Waals surface area contributed by atoms with Gasteiger partial charge in [-0.2, -0.15) is 0 Å². The molecule has 3 rings (SSSR count). The second-order valence-electron chi connectivity index (χ2n) is 7.40. The van der Waals surface area contributed by atoms with E-state index < -0.39 is 11.1 Å². The first-order valence-electron chi connectivity index (χ1n) is 8.73. The van der Waals surface area contributed by atoms with E-state index in [2.05, 4.69) is 19.9 Å². The maximum atomic E-state index is 12.5. The number of benzene rings is 1. The lowest BCUT2D eigenvalue weighted by Gasteiger charge is -2.16. The molecular formula is C20H23N5O3. The number of aromatic amines is 3. The molecule has 0 aliphatic carbocycles. The third-order valence-electron chi connectivity index (χ3n) is 4.30. The number of H-pyrrole nitrogens is 3. The Bertz CT molecular complexity index is 1240. The largest absolute Gasteiger partial charge is 0.495 e. The van der Waals surface area contributed by atoms with E-state index in [1.165, 1.54) is 13.2 Å². The summed E-state index contributed by atoms with van der Waals surface area (Å²) in [5, 5.41) is 0.221. The summed E-state index contributed by atoms with van der Waals surface area (Å²) in [7, 11) is 1.51. The summed E-state index contributed by atoms with van der Waals surface area (Å²) < 4.78 is 5.18. The highest BCUT2D eigenvalue weighted by Gasteiger charge is 2.19. The van der Waals surface area contributed by atoms with Gasteiger partial charge in [0.2, 0.25) is 0 Å². The van der Waals surface area contributed by atoms with Crippen molar-refractivity contribution in [1.29, 1.82) is 0 Å². The van der Waals surface area contributed by atoms with Crippen LogP contribution in [-0.4, -0.2) is 27.0 Å². The number of imidazole rings is 1. The lowest BCUT2D eigenvalue weighted by Crippen LogP contribution is -2.46. The van der Waals surface area contributed by atoms with Gasteiger partial charge in [-0.1, -0.05) is 32.9 Å². The van der Waals surface area contributed by atoms with E-state index in [0.717, 1.165) is 5.69 Å². The fraction of sp³-hybridized carbons (Fsp3) is 0.250. The molecule has 0 bridgehead atoms. The molecule has 0 saturated heterocycles. The summed E-state index contributed by atoms with van der Waals surface area (Å²) in [6.07, 6.45) is 4.63. The molecule has 2 aromatic heterocycles. The molecule has 2 heterocycles. The number of ether oxygens (including phenoxy) is 1. The lowest BCUT2D eigenvalue weighted by atomic mass is 9.90. The standard InChI is InChI=1S/C20H23N5O3/c1-20(2,3)17-12(22-10-23-17)9-14-19(27)24-13(18(26)25-14)8-11-6-5-7-15(28-4)16(11)21/h5-10H,21H2,1-4H3,(H,22,23)(H,24,27)(H,25,26)/b13-8+,14-9+. The van der Waals surface area contributed by atoms with Crippen LogP contribution in [0.15, 0.2) is 34.1 Å². The van der Waals surface area contributed by atoms with Gasteiger partial charge in [-0.3, -0.25) is 9.59 Å². The number of aromatic nitrogens is 4. The van der Waals surface area contributed by atoms with E-state index in [-0.39, 0.29) is 16.1 Å². The van der Waals surface area contributed by atoms with Crippen molar-refractivity contribution in [2.24, 2.45) is 0 Å². The number of para-hydroxylation sites is 1. The second-order valence-corrected chi connectivity index (χ2v) is 7.40. The van der Waals surface area contributed by atoms with Gasteiger partial charge in [0, 0.05) is 16.7 Å². The van der Waals surface area contributed by atoms with Gasteiger partial charge in [-0.05, 0) is 18.2 Å². The number of hydrogen-bond acceptors (Lipinski definition) is 5. The van der Waals surface area contributed by atoms with Crippen molar-refractivity contribution in [3.05, 3.63) is 72.9 Å². The molecule has 0 atom stereocenters. The van der Waals surface area contributed by atoms with Gasteiger partial charge < -0.3 is 25.4 Å². The first-order valence-corrected chi connectivity index (χ1v) is 8.73. The zero-order valence-electron chi connectivity index (χ0n) is 16.2. The van der Waals surface area contributed by atoms with E-state index in [0.29, 0.717) is 22.7 Å². The predicted molar refractivity (Wildman–Crippen MR) is 109 cm³/mol. The highest BCUT2D eigenvalue weighted by atomic mass is 16.5. The van der Waals surface area contributed by atoms with Gasteiger partial charge in [-0.25, -0.2) is 4.98 Å². The first kappa shape index (κ1) is 19.2. The Morgan fingerprint density at radius 1 is 1.07 bits per heavy atom. The van der Waals surface area contributed by atoms with Gasteiger partial charge in [0.05, 0.1) is 24.8 Å². The zero-order chi connectivity index (χ0) is 20.5. The fourth-order valence-corrected chi connectivity index (χ4v) is 2.87. The summed E-state index contributed by atoms with van der Waals surface area (Å²) in [6.45, 7) is 6.09. The smallest absolute Gasteiger partial charge is 0.272 e.